The van der Waals surface area contributed by atoms with Crippen LogP contribution in [0, 0.1) is 12.7 Å². The summed E-state index contributed by atoms with van der Waals surface area (Å²) in [5.74, 6) is -1.29. The van der Waals surface area contributed by atoms with E-state index in [1.165, 1.54) is 17.0 Å². The standard InChI is InChI=1S/C25H34FN3O4S/c1-7-21(24(31)27-25(3,4)5)28(16-19-12-14-20(26)15-13-19)23(30)17-29(34(6,32)33)22-11-9-8-10-18(22)2/h8-15,21H,7,16-17H2,1-6H3,(H,27,31)/t21-/m1/s1. The largest absolute Gasteiger partial charge is 0.350 e. The van der Waals surface area contributed by atoms with Gasteiger partial charge in [-0.05, 0) is 63.4 Å². The summed E-state index contributed by atoms with van der Waals surface area (Å²) in [7, 11) is -3.79. The van der Waals surface area contributed by atoms with Crippen LogP contribution in [-0.2, 0) is 26.2 Å². The molecule has 2 rings (SSSR count). The molecule has 0 aliphatic carbocycles. The highest BCUT2D eigenvalue weighted by Gasteiger charge is 2.33. The van der Waals surface area contributed by atoms with Crippen LogP contribution in [0.2, 0.25) is 0 Å². The average molecular weight is 492 g/mol. The van der Waals surface area contributed by atoms with Crippen molar-refractivity contribution in [3.05, 3.63) is 65.5 Å². The van der Waals surface area contributed by atoms with Crippen LogP contribution in [0.25, 0.3) is 0 Å². The highest BCUT2D eigenvalue weighted by molar-refractivity contribution is 7.92. The maximum Gasteiger partial charge on any atom is 0.244 e. The number of para-hydroxylation sites is 1. The highest BCUT2D eigenvalue weighted by atomic mass is 32.2. The van der Waals surface area contributed by atoms with Gasteiger partial charge in [0.1, 0.15) is 18.4 Å². The van der Waals surface area contributed by atoms with Crippen LogP contribution in [0.1, 0.15) is 45.2 Å². The predicted octanol–water partition coefficient (Wildman–Crippen LogP) is 3.62. The van der Waals surface area contributed by atoms with E-state index >= 15 is 0 Å². The summed E-state index contributed by atoms with van der Waals surface area (Å²) in [6.45, 7) is 8.63. The molecule has 0 fully saturated rings. The van der Waals surface area contributed by atoms with Gasteiger partial charge in [0.2, 0.25) is 21.8 Å². The van der Waals surface area contributed by atoms with Gasteiger partial charge in [-0.1, -0.05) is 37.3 Å². The number of amides is 2. The van der Waals surface area contributed by atoms with E-state index in [-0.39, 0.29) is 12.5 Å². The van der Waals surface area contributed by atoms with Crippen LogP contribution in [0.4, 0.5) is 10.1 Å². The van der Waals surface area contributed by atoms with Crippen LogP contribution < -0.4 is 9.62 Å². The van der Waals surface area contributed by atoms with Crippen molar-refractivity contribution in [3.63, 3.8) is 0 Å². The van der Waals surface area contributed by atoms with E-state index in [0.29, 0.717) is 23.2 Å². The molecule has 186 valence electrons. The third-order valence-electron chi connectivity index (χ3n) is 5.21. The van der Waals surface area contributed by atoms with E-state index in [4.69, 9.17) is 0 Å². The Balaban J connectivity index is 2.46. The van der Waals surface area contributed by atoms with E-state index < -0.39 is 39.9 Å². The van der Waals surface area contributed by atoms with Gasteiger partial charge in [-0.25, -0.2) is 12.8 Å². The van der Waals surface area contributed by atoms with Crippen LogP contribution in [0.5, 0.6) is 0 Å². The minimum atomic E-state index is -3.79. The van der Waals surface area contributed by atoms with Crippen molar-refractivity contribution in [3.8, 4) is 0 Å². The lowest BCUT2D eigenvalue weighted by Gasteiger charge is -2.34. The Labute approximate surface area is 202 Å². The van der Waals surface area contributed by atoms with Crippen molar-refractivity contribution in [1.29, 1.82) is 0 Å². The number of hydrogen-bond acceptors (Lipinski definition) is 4. The number of hydrogen-bond donors (Lipinski definition) is 1. The van der Waals surface area contributed by atoms with Gasteiger partial charge in [-0.15, -0.1) is 0 Å². The Morgan fingerprint density at radius 3 is 2.15 bits per heavy atom. The van der Waals surface area contributed by atoms with Crippen LogP contribution in [0.3, 0.4) is 0 Å². The van der Waals surface area contributed by atoms with Crippen molar-refractivity contribution in [1.82, 2.24) is 10.2 Å². The molecule has 0 aromatic heterocycles. The number of sulfonamides is 1. The third kappa shape index (κ3) is 7.55. The number of rotatable bonds is 9. The van der Waals surface area contributed by atoms with E-state index in [2.05, 4.69) is 5.32 Å². The molecule has 0 aliphatic heterocycles. The molecule has 0 radical (unpaired) electrons. The molecule has 0 heterocycles. The number of aryl methyl sites for hydroxylation is 1. The monoisotopic (exact) mass is 491 g/mol. The molecule has 0 unspecified atom stereocenters. The molecule has 0 saturated carbocycles. The summed E-state index contributed by atoms with van der Waals surface area (Å²) in [5, 5.41) is 2.90. The normalized spacial score (nSPS) is 12.7. The lowest BCUT2D eigenvalue weighted by atomic mass is 10.1. The van der Waals surface area contributed by atoms with Gasteiger partial charge in [0, 0.05) is 12.1 Å². The molecule has 1 N–H and O–H groups in total. The fraction of sp³-hybridized carbons (Fsp3) is 0.440. The molecule has 0 bridgehead atoms. The molecule has 0 aliphatic rings. The molecule has 2 aromatic rings. The van der Waals surface area contributed by atoms with Crippen LogP contribution >= 0.6 is 0 Å². The number of carbonyl (C=O) groups is 2. The maximum absolute atomic E-state index is 13.6. The number of carbonyl (C=O) groups excluding carboxylic acids is 2. The summed E-state index contributed by atoms with van der Waals surface area (Å²) >= 11 is 0. The molecule has 1 atom stereocenters. The Hall–Kier alpha value is -2.94. The zero-order valence-corrected chi connectivity index (χ0v) is 21.4. The van der Waals surface area contributed by atoms with Crippen molar-refractivity contribution in [2.45, 2.75) is 59.2 Å². The molecular weight excluding hydrogens is 457 g/mol. The van der Waals surface area contributed by atoms with Gasteiger partial charge in [-0.2, -0.15) is 0 Å². The smallest absolute Gasteiger partial charge is 0.244 e. The summed E-state index contributed by atoms with van der Waals surface area (Å²) in [5.41, 5.74) is 1.20. The van der Waals surface area contributed by atoms with Gasteiger partial charge in [-0.3, -0.25) is 13.9 Å². The second-order valence-electron chi connectivity index (χ2n) is 9.37. The average Bonchev–Trinajstić information content (AvgIpc) is 2.71. The maximum atomic E-state index is 13.6. The fourth-order valence-electron chi connectivity index (χ4n) is 3.60. The Kier molecular flexibility index (Phi) is 8.83. The molecule has 0 spiro atoms. The van der Waals surface area contributed by atoms with Crippen molar-refractivity contribution in [2.24, 2.45) is 0 Å². The molecule has 9 heteroatoms. The summed E-state index contributed by atoms with van der Waals surface area (Å²) in [4.78, 5) is 28.0. The first kappa shape index (κ1) is 27.3. The zero-order valence-electron chi connectivity index (χ0n) is 20.6. The number of nitrogens with zero attached hydrogens (tertiary/aromatic N) is 2. The molecule has 2 amide bonds. The summed E-state index contributed by atoms with van der Waals surface area (Å²) in [6, 6.07) is 11.7. The fourth-order valence-corrected chi connectivity index (χ4v) is 4.50. The van der Waals surface area contributed by atoms with E-state index in [0.717, 1.165) is 10.6 Å². The Bertz CT molecular complexity index is 1110. The van der Waals surface area contributed by atoms with Crippen molar-refractivity contribution < 1.29 is 22.4 Å². The Morgan fingerprint density at radius 1 is 1.06 bits per heavy atom. The van der Waals surface area contributed by atoms with Crippen molar-refractivity contribution >= 4 is 27.5 Å². The number of nitrogens with one attached hydrogen (secondary N) is 1. The zero-order chi connectivity index (χ0) is 25.7. The SMILES string of the molecule is CC[C@H](C(=O)NC(C)(C)C)N(Cc1ccc(F)cc1)C(=O)CN(c1ccccc1C)S(C)(=O)=O. The van der Waals surface area contributed by atoms with Crippen LogP contribution in [-0.4, -0.2) is 49.5 Å². The minimum Gasteiger partial charge on any atom is -0.350 e. The van der Waals surface area contributed by atoms with Crippen molar-refractivity contribution in [2.75, 3.05) is 17.1 Å². The summed E-state index contributed by atoms with van der Waals surface area (Å²) in [6.07, 6.45) is 1.36. The van der Waals surface area contributed by atoms with E-state index in [1.807, 2.05) is 20.8 Å². The molecule has 34 heavy (non-hydrogen) atoms. The minimum absolute atomic E-state index is 0.0283. The highest BCUT2D eigenvalue weighted by Crippen LogP contribution is 2.23. The second-order valence-corrected chi connectivity index (χ2v) is 11.3. The first-order valence-corrected chi connectivity index (χ1v) is 13.0. The topological polar surface area (TPSA) is 86.8 Å². The van der Waals surface area contributed by atoms with Gasteiger partial charge in [0.05, 0.1) is 11.9 Å². The third-order valence-corrected chi connectivity index (χ3v) is 6.34. The van der Waals surface area contributed by atoms with Gasteiger partial charge < -0.3 is 10.2 Å². The number of benzene rings is 2. The second kappa shape index (κ2) is 11.0. The molecule has 0 saturated heterocycles. The number of halogens is 1. The lowest BCUT2D eigenvalue weighted by Crippen LogP contribution is -2.55. The van der Waals surface area contributed by atoms with E-state index in [1.54, 1.807) is 50.2 Å². The van der Waals surface area contributed by atoms with E-state index in [9.17, 15) is 22.4 Å². The molecule has 7 nitrogen and oxygen atoms in total. The quantitative estimate of drug-likeness (QED) is 0.581. The lowest BCUT2D eigenvalue weighted by molar-refractivity contribution is -0.141. The van der Waals surface area contributed by atoms with Gasteiger partial charge >= 0.3 is 0 Å². The molecule has 2 aromatic carbocycles. The number of anilines is 1. The summed E-state index contributed by atoms with van der Waals surface area (Å²) < 4.78 is 39.8. The van der Waals surface area contributed by atoms with Gasteiger partial charge in [0.25, 0.3) is 0 Å². The first-order valence-electron chi connectivity index (χ1n) is 11.1. The predicted molar refractivity (Wildman–Crippen MR) is 132 cm³/mol. The van der Waals surface area contributed by atoms with Gasteiger partial charge in [0.15, 0.2) is 0 Å². The first-order chi connectivity index (χ1) is 15.7. The van der Waals surface area contributed by atoms with Crippen LogP contribution in [0.15, 0.2) is 48.5 Å². The molecular formula is C25H34FN3O4S. The Morgan fingerprint density at radius 2 is 1.65 bits per heavy atom.